The highest BCUT2D eigenvalue weighted by Crippen LogP contribution is 2.19. The number of amides is 1. The molecule has 0 spiro atoms. The predicted molar refractivity (Wildman–Crippen MR) is 103 cm³/mol. The monoisotopic (exact) mass is 359 g/mol. The van der Waals surface area contributed by atoms with Crippen LogP contribution < -0.4 is 9.80 Å². The Morgan fingerprint density at radius 2 is 1.92 bits per heavy atom. The van der Waals surface area contributed by atoms with Crippen LogP contribution in [0.5, 0.6) is 0 Å². The van der Waals surface area contributed by atoms with Crippen LogP contribution >= 0.6 is 11.3 Å². The fourth-order valence-electron chi connectivity index (χ4n) is 2.95. The highest BCUT2D eigenvalue weighted by Gasteiger charge is 2.22. The maximum absolute atomic E-state index is 12.4. The van der Waals surface area contributed by atoms with E-state index in [0.29, 0.717) is 6.42 Å². The molecular weight excluding hydrogens is 334 g/mol. The lowest BCUT2D eigenvalue weighted by Crippen LogP contribution is -2.49. The van der Waals surface area contributed by atoms with Crippen molar-refractivity contribution >= 4 is 28.9 Å². The van der Waals surface area contributed by atoms with Crippen LogP contribution in [0.3, 0.4) is 0 Å². The molecule has 1 saturated heterocycles. The van der Waals surface area contributed by atoms with Crippen LogP contribution in [0, 0.1) is 6.92 Å². The van der Waals surface area contributed by atoms with E-state index in [0.717, 1.165) is 44.2 Å². The minimum atomic E-state index is 0.251. The first kappa shape index (κ1) is 17.7. The molecule has 7 heteroatoms. The summed E-state index contributed by atoms with van der Waals surface area (Å²) in [6.07, 6.45) is 1.44. The molecule has 1 aliphatic rings. The van der Waals surface area contributed by atoms with Gasteiger partial charge in [-0.3, -0.25) is 4.79 Å². The van der Waals surface area contributed by atoms with Gasteiger partial charge in [-0.2, -0.15) is 0 Å². The van der Waals surface area contributed by atoms with Gasteiger partial charge >= 0.3 is 0 Å². The van der Waals surface area contributed by atoms with Gasteiger partial charge < -0.3 is 14.7 Å². The molecule has 0 aliphatic carbocycles. The second-order valence-corrected chi connectivity index (χ2v) is 7.54. The highest BCUT2D eigenvalue weighted by atomic mass is 32.1. The lowest BCUT2D eigenvalue weighted by Gasteiger charge is -2.35. The quantitative estimate of drug-likeness (QED) is 0.819. The van der Waals surface area contributed by atoms with Crippen molar-refractivity contribution in [3.8, 4) is 0 Å². The SMILES string of the molecule is Cc1ccsc1CCC(=O)N1CCN(c2ccc(N(C)C)nn2)CC1. The second-order valence-electron chi connectivity index (χ2n) is 6.54. The maximum Gasteiger partial charge on any atom is 0.223 e. The van der Waals surface area contributed by atoms with Gasteiger partial charge in [0.1, 0.15) is 0 Å². The van der Waals surface area contributed by atoms with Gasteiger partial charge in [-0.15, -0.1) is 21.5 Å². The highest BCUT2D eigenvalue weighted by molar-refractivity contribution is 7.10. The van der Waals surface area contributed by atoms with Crippen molar-refractivity contribution in [2.75, 3.05) is 50.1 Å². The van der Waals surface area contributed by atoms with E-state index in [1.165, 1.54) is 10.4 Å². The van der Waals surface area contributed by atoms with Gasteiger partial charge in [0.15, 0.2) is 11.6 Å². The van der Waals surface area contributed by atoms with Crippen molar-refractivity contribution in [3.05, 3.63) is 34.0 Å². The zero-order chi connectivity index (χ0) is 17.8. The summed E-state index contributed by atoms with van der Waals surface area (Å²) in [4.78, 5) is 19.9. The molecule has 2 aromatic rings. The van der Waals surface area contributed by atoms with E-state index in [-0.39, 0.29) is 5.91 Å². The molecule has 25 heavy (non-hydrogen) atoms. The minimum absolute atomic E-state index is 0.251. The number of nitrogens with zero attached hydrogens (tertiary/aromatic N) is 5. The van der Waals surface area contributed by atoms with Crippen LogP contribution in [-0.4, -0.2) is 61.3 Å². The summed E-state index contributed by atoms with van der Waals surface area (Å²) in [6, 6.07) is 6.09. The summed E-state index contributed by atoms with van der Waals surface area (Å²) in [5.74, 6) is 1.98. The second kappa shape index (κ2) is 7.82. The number of hydrogen-bond donors (Lipinski definition) is 0. The van der Waals surface area contributed by atoms with Crippen LogP contribution in [-0.2, 0) is 11.2 Å². The number of aromatic nitrogens is 2. The van der Waals surface area contributed by atoms with Gasteiger partial charge in [0.25, 0.3) is 0 Å². The van der Waals surface area contributed by atoms with E-state index in [1.807, 2.05) is 36.0 Å². The topological polar surface area (TPSA) is 52.6 Å². The van der Waals surface area contributed by atoms with Crippen LogP contribution in [0.15, 0.2) is 23.6 Å². The largest absolute Gasteiger partial charge is 0.361 e. The van der Waals surface area contributed by atoms with E-state index in [2.05, 4.69) is 33.5 Å². The molecule has 0 aromatic carbocycles. The van der Waals surface area contributed by atoms with E-state index in [9.17, 15) is 4.79 Å². The number of rotatable bonds is 5. The molecule has 2 aromatic heterocycles. The Hall–Kier alpha value is -2.15. The normalized spacial score (nSPS) is 14.7. The summed E-state index contributed by atoms with van der Waals surface area (Å²) in [7, 11) is 3.90. The number of aryl methyl sites for hydroxylation is 2. The van der Waals surface area contributed by atoms with Gasteiger partial charge in [0.2, 0.25) is 5.91 Å². The summed E-state index contributed by atoms with van der Waals surface area (Å²) in [6.45, 7) is 5.22. The number of carbonyl (C=O) groups is 1. The van der Waals surface area contributed by atoms with Crippen molar-refractivity contribution in [1.29, 1.82) is 0 Å². The van der Waals surface area contributed by atoms with Crippen LogP contribution in [0.25, 0.3) is 0 Å². The van der Waals surface area contributed by atoms with Crippen molar-refractivity contribution < 1.29 is 4.79 Å². The minimum Gasteiger partial charge on any atom is -0.361 e. The average molecular weight is 359 g/mol. The Kier molecular flexibility index (Phi) is 5.53. The molecule has 1 fully saturated rings. The van der Waals surface area contributed by atoms with E-state index in [4.69, 9.17) is 0 Å². The number of anilines is 2. The fraction of sp³-hybridized carbons (Fsp3) is 0.500. The molecule has 1 aliphatic heterocycles. The third-order valence-electron chi connectivity index (χ3n) is 4.59. The number of thiophene rings is 1. The van der Waals surface area contributed by atoms with Gasteiger partial charge in [0.05, 0.1) is 0 Å². The Labute approximate surface area is 153 Å². The predicted octanol–water partition coefficient (Wildman–Crippen LogP) is 2.19. The smallest absolute Gasteiger partial charge is 0.223 e. The van der Waals surface area contributed by atoms with E-state index < -0.39 is 0 Å². The molecule has 0 radical (unpaired) electrons. The van der Waals surface area contributed by atoms with Gasteiger partial charge in [-0.1, -0.05) is 0 Å². The number of hydrogen-bond acceptors (Lipinski definition) is 6. The molecule has 3 heterocycles. The third-order valence-corrected chi connectivity index (χ3v) is 5.67. The molecule has 6 nitrogen and oxygen atoms in total. The molecule has 3 rings (SSSR count). The van der Waals surface area contributed by atoms with Gasteiger partial charge in [-0.25, -0.2) is 0 Å². The van der Waals surface area contributed by atoms with Crippen molar-refractivity contribution in [2.24, 2.45) is 0 Å². The molecule has 134 valence electrons. The molecule has 1 amide bonds. The van der Waals surface area contributed by atoms with Gasteiger partial charge in [0, 0.05) is 51.6 Å². The molecule has 0 saturated carbocycles. The first-order chi connectivity index (χ1) is 12.0. The molecule has 0 bridgehead atoms. The standard InChI is InChI=1S/C18H25N5OS/c1-14-8-13-25-15(14)4-7-18(24)23-11-9-22(10-12-23)17-6-5-16(19-20-17)21(2)3/h5-6,8,13H,4,7,9-12H2,1-3H3. The number of carbonyl (C=O) groups excluding carboxylic acids is 1. The zero-order valence-electron chi connectivity index (χ0n) is 15.1. The van der Waals surface area contributed by atoms with Crippen molar-refractivity contribution in [3.63, 3.8) is 0 Å². The average Bonchev–Trinajstić information content (AvgIpc) is 3.05. The Morgan fingerprint density at radius 1 is 1.16 bits per heavy atom. The Bertz CT molecular complexity index is 705. The lowest BCUT2D eigenvalue weighted by atomic mass is 10.2. The van der Waals surface area contributed by atoms with Crippen LogP contribution in [0.2, 0.25) is 0 Å². The van der Waals surface area contributed by atoms with Crippen molar-refractivity contribution in [1.82, 2.24) is 15.1 Å². The summed E-state index contributed by atoms with van der Waals surface area (Å²) in [5.41, 5.74) is 1.29. The third kappa shape index (κ3) is 4.28. The lowest BCUT2D eigenvalue weighted by molar-refractivity contribution is -0.131. The first-order valence-electron chi connectivity index (χ1n) is 8.61. The molecule has 0 N–H and O–H groups in total. The van der Waals surface area contributed by atoms with Gasteiger partial charge in [-0.05, 0) is 42.5 Å². The number of piperazine rings is 1. The molecular formula is C18H25N5OS. The summed E-state index contributed by atoms with van der Waals surface area (Å²) >= 11 is 1.74. The van der Waals surface area contributed by atoms with E-state index in [1.54, 1.807) is 11.3 Å². The van der Waals surface area contributed by atoms with Crippen molar-refractivity contribution in [2.45, 2.75) is 19.8 Å². The Balaban J connectivity index is 1.49. The first-order valence-corrected chi connectivity index (χ1v) is 9.49. The van der Waals surface area contributed by atoms with Crippen LogP contribution in [0.4, 0.5) is 11.6 Å². The zero-order valence-corrected chi connectivity index (χ0v) is 15.9. The summed E-state index contributed by atoms with van der Waals surface area (Å²) < 4.78 is 0. The van der Waals surface area contributed by atoms with E-state index >= 15 is 0 Å². The maximum atomic E-state index is 12.4. The van der Waals surface area contributed by atoms with Crippen LogP contribution in [0.1, 0.15) is 16.9 Å². The molecule has 0 unspecified atom stereocenters. The molecule has 0 atom stereocenters. The fourth-order valence-corrected chi connectivity index (χ4v) is 3.86. The summed E-state index contributed by atoms with van der Waals surface area (Å²) in [5, 5.41) is 10.6. The Morgan fingerprint density at radius 3 is 2.48 bits per heavy atom.